The van der Waals surface area contributed by atoms with Gasteiger partial charge in [0.2, 0.25) is 5.91 Å². The molecule has 2 aliphatic rings. The number of rotatable bonds is 5. The number of amides is 4. The first-order valence-electron chi connectivity index (χ1n) is 8.00. The third-order valence-electron chi connectivity index (χ3n) is 4.72. The molecule has 0 bridgehead atoms. The number of hydrogen-bond donors (Lipinski definition) is 2. The van der Waals surface area contributed by atoms with E-state index in [-0.39, 0.29) is 24.2 Å². The molecule has 0 radical (unpaired) electrons. The normalized spacial score (nSPS) is 24.7. The van der Waals surface area contributed by atoms with Gasteiger partial charge in [-0.2, -0.15) is 0 Å². The smallest absolute Gasteiger partial charge is 0.325 e. The van der Waals surface area contributed by atoms with Gasteiger partial charge in [-0.3, -0.25) is 14.5 Å². The molecule has 3 rings (SSSR count). The molecule has 0 spiro atoms. The van der Waals surface area contributed by atoms with E-state index in [4.69, 9.17) is 0 Å². The predicted molar refractivity (Wildman–Crippen MR) is 84.3 cm³/mol. The van der Waals surface area contributed by atoms with Crippen molar-refractivity contribution in [3.05, 3.63) is 35.6 Å². The first kappa shape index (κ1) is 16.4. The summed E-state index contributed by atoms with van der Waals surface area (Å²) in [6.07, 6.45) is 1.80. The van der Waals surface area contributed by atoms with Crippen molar-refractivity contribution in [3.8, 4) is 0 Å². The van der Waals surface area contributed by atoms with Crippen molar-refractivity contribution in [2.75, 3.05) is 6.54 Å². The molecule has 128 valence electrons. The maximum Gasteiger partial charge on any atom is 0.325 e. The van der Waals surface area contributed by atoms with Crippen molar-refractivity contribution < 1.29 is 18.8 Å². The first-order chi connectivity index (χ1) is 11.3. The Labute approximate surface area is 139 Å². The molecule has 1 aromatic rings. The zero-order valence-electron chi connectivity index (χ0n) is 13.6. The van der Waals surface area contributed by atoms with E-state index in [1.54, 1.807) is 26.0 Å². The molecule has 1 saturated heterocycles. The maximum atomic E-state index is 13.2. The van der Waals surface area contributed by atoms with Gasteiger partial charge in [0.15, 0.2) is 0 Å². The average molecular weight is 333 g/mol. The van der Waals surface area contributed by atoms with Crippen LogP contribution in [0.25, 0.3) is 0 Å². The van der Waals surface area contributed by atoms with E-state index in [0.717, 1.165) is 17.7 Å². The molecular weight excluding hydrogens is 313 g/mol. The Hall–Kier alpha value is -2.44. The highest BCUT2D eigenvalue weighted by Gasteiger charge is 2.56. The van der Waals surface area contributed by atoms with Crippen LogP contribution in [0.2, 0.25) is 0 Å². The third kappa shape index (κ3) is 2.98. The number of imide groups is 1. The quantitative estimate of drug-likeness (QED) is 0.806. The van der Waals surface area contributed by atoms with Crippen molar-refractivity contribution in [2.45, 2.75) is 38.3 Å². The summed E-state index contributed by atoms with van der Waals surface area (Å²) in [5.41, 5.74) is -0.283. The number of carbonyl (C=O) groups excluding carboxylic acids is 3. The predicted octanol–water partition coefficient (Wildman–Crippen LogP) is 1.72. The number of benzene rings is 1. The van der Waals surface area contributed by atoms with Crippen molar-refractivity contribution in [3.63, 3.8) is 0 Å². The summed E-state index contributed by atoms with van der Waals surface area (Å²) in [5, 5.41) is 5.38. The van der Waals surface area contributed by atoms with Gasteiger partial charge in [-0.15, -0.1) is 0 Å². The number of hydrogen-bond acceptors (Lipinski definition) is 3. The largest absolute Gasteiger partial charge is 0.348 e. The Bertz CT molecular complexity index is 704. The van der Waals surface area contributed by atoms with E-state index in [2.05, 4.69) is 10.6 Å². The molecule has 2 N–H and O–H groups in total. The second-order valence-corrected chi connectivity index (χ2v) is 6.64. The van der Waals surface area contributed by atoms with Crippen LogP contribution in [-0.2, 0) is 9.59 Å². The summed E-state index contributed by atoms with van der Waals surface area (Å²) in [6.45, 7) is 3.08. The Morgan fingerprint density at radius 2 is 2.17 bits per heavy atom. The minimum atomic E-state index is -0.897. The summed E-state index contributed by atoms with van der Waals surface area (Å²) >= 11 is 0. The standard InChI is InChI=1S/C17H20FN3O3/c1-10(11-4-3-5-13(18)8-11)19-14(22)9-21-15(23)17(2,12-6-7-12)20-16(21)24/h3-5,8,10,12H,6-7,9H2,1-2H3,(H,19,22)(H,20,24)/t10-,17-/m1/s1. The van der Waals surface area contributed by atoms with E-state index in [0.29, 0.717) is 5.56 Å². The van der Waals surface area contributed by atoms with Crippen LogP contribution in [0.5, 0.6) is 0 Å². The van der Waals surface area contributed by atoms with E-state index >= 15 is 0 Å². The molecule has 1 aliphatic carbocycles. The van der Waals surface area contributed by atoms with Crippen molar-refractivity contribution in [1.29, 1.82) is 0 Å². The van der Waals surface area contributed by atoms with Crippen molar-refractivity contribution in [1.82, 2.24) is 15.5 Å². The monoisotopic (exact) mass is 333 g/mol. The lowest BCUT2D eigenvalue weighted by molar-refractivity contribution is -0.135. The van der Waals surface area contributed by atoms with Crippen molar-refractivity contribution in [2.24, 2.45) is 5.92 Å². The lowest BCUT2D eigenvalue weighted by Crippen LogP contribution is -2.47. The molecule has 4 amide bonds. The molecule has 6 nitrogen and oxygen atoms in total. The molecule has 2 atom stereocenters. The van der Waals surface area contributed by atoms with Crippen LogP contribution >= 0.6 is 0 Å². The van der Waals surface area contributed by atoms with E-state index in [1.807, 2.05) is 0 Å². The van der Waals surface area contributed by atoms with Crippen LogP contribution < -0.4 is 10.6 Å². The topological polar surface area (TPSA) is 78.5 Å². The zero-order valence-corrected chi connectivity index (χ0v) is 13.6. The SMILES string of the molecule is C[C@@H](NC(=O)CN1C(=O)N[C@](C)(C2CC2)C1=O)c1cccc(F)c1. The van der Waals surface area contributed by atoms with E-state index in [1.165, 1.54) is 12.1 Å². The van der Waals surface area contributed by atoms with Crippen LogP contribution in [0.4, 0.5) is 9.18 Å². The lowest BCUT2D eigenvalue weighted by atomic mass is 9.96. The van der Waals surface area contributed by atoms with Gasteiger partial charge in [-0.25, -0.2) is 9.18 Å². The van der Waals surface area contributed by atoms with Crippen LogP contribution in [-0.4, -0.2) is 34.8 Å². The fraction of sp³-hybridized carbons (Fsp3) is 0.471. The molecule has 1 aliphatic heterocycles. The zero-order chi connectivity index (χ0) is 17.5. The van der Waals surface area contributed by atoms with E-state index in [9.17, 15) is 18.8 Å². The van der Waals surface area contributed by atoms with Gasteiger partial charge in [0.1, 0.15) is 17.9 Å². The van der Waals surface area contributed by atoms with Gasteiger partial charge >= 0.3 is 6.03 Å². The highest BCUT2D eigenvalue weighted by molar-refractivity contribution is 6.09. The third-order valence-corrected chi connectivity index (χ3v) is 4.72. The number of nitrogens with zero attached hydrogens (tertiary/aromatic N) is 1. The van der Waals surface area contributed by atoms with Gasteiger partial charge in [0.25, 0.3) is 5.91 Å². The summed E-state index contributed by atoms with van der Waals surface area (Å²) in [5.74, 6) is -1.06. The highest BCUT2D eigenvalue weighted by Crippen LogP contribution is 2.42. The summed E-state index contributed by atoms with van der Waals surface area (Å²) in [7, 11) is 0. The van der Waals surface area contributed by atoms with Crippen LogP contribution in [0.1, 0.15) is 38.3 Å². The van der Waals surface area contributed by atoms with Gasteiger partial charge in [-0.05, 0) is 50.3 Å². The highest BCUT2D eigenvalue weighted by atomic mass is 19.1. The van der Waals surface area contributed by atoms with Crippen LogP contribution in [0, 0.1) is 11.7 Å². The summed E-state index contributed by atoms with van der Waals surface area (Å²) in [6, 6.07) is 4.96. The van der Waals surface area contributed by atoms with Gasteiger partial charge in [-0.1, -0.05) is 12.1 Å². The molecule has 1 saturated carbocycles. The van der Waals surface area contributed by atoms with Gasteiger partial charge < -0.3 is 10.6 Å². The Balaban J connectivity index is 1.62. The Morgan fingerprint density at radius 1 is 1.46 bits per heavy atom. The molecule has 7 heteroatoms. The fourth-order valence-electron chi connectivity index (χ4n) is 3.09. The second-order valence-electron chi connectivity index (χ2n) is 6.64. The summed E-state index contributed by atoms with van der Waals surface area (Å²) < 4.78 is 13.2. The number of carbonyl (C=O) groups is 3. The lowest BCUT2D eigenvalue weighted by Gasteiger charge is -2.21. The van der Waals surface area contributed by atoms with Crippen molar-refractivity contribution >= 4 is 17.8 Å². The minimum absolute atomic E-state index is 0.147. The van der Waals surface area contributed by atoms with Gasteiger partial charge in [0.05, 0.1) is 6.04 Å². The number of halogens is 1. The molecular formula is C17H20FN3O3. The number of urea groups is 1. The van der Waals surface area contributed by atoms with Crippen LogP contribution in [0.15, 0.2) is 24.3 Å². The Morgan fingerprint density at radius 3 is 2.79 bits per heavy atom. The summed E-state index contributed by atoms with van der Waals surface area (Å²) in [4.78, 5) is 37.6. The Kier molecular flexibility index (Phi) is 4.03. The van der Waals surface area contributed by atoms with Crippen LogP contribution in [0.3, 0.4) is 0 Å². The average Bonchev–Trinajstić information content (AvgIpc) is 3.33. The maximum absolute atomic E-state index is 13.2. The second kappa shape index (κ2) is 5.89. The molecule has 1 heterocycles. The fourth-order valence-corrected chi connectivity index (χ4v) is 3.09. The molecule has 0 unspecified atom stereocenters. The molecule has 0 aromatic heterocycles. The number of nitrogens with one attached hydrogen (secondary N) is 2. The first-order valence-corrected chi connectivity index (χ1v) is 8.00. The molecule has 1 aromatic carbocycles. The molecule has 24 heavy (non-hydrogen) atoms. The van der Waals surface area contributed by atoms with E-state index < -0.39 is 23.5 Å². The van der Waals surface area contributed by atoms with Gasteiger partial charge in [0, 0.05) is 0 Å². The molecule has 2 fully saturated rings. The minimum Gasteiger partial charge on any atom is -0.348 e.